The summed E-state index contributed by atoms with van der Waals surface area (Å²) in [7, 11) is -0.945. The van der Waals surface area contributed by atoms with Gasteiger partial charge in [0.15, 0.2) is 0 Å². The molecule has 6 heteroatoms. The lowest BCUT2D eigenvalue weighted by atomic mass is 9.88. The number of rotatable bonds is 17. The molecule has 0 unspecified atom stereocenters. The topological polar surface area (TPSA) is 13.0 Å². The van der Waals surface area contributed by atoms with Gasteiger partial charge in [-0.15, -0.1) is 0 Å². The molecule has 0 aromatic heterocycles. The van der Waals surface area contributed by atoms with Crippen LogP contribution in [0.4, 0.5) is 0 Å². The fourth-order valence-electron chi connectivity index (χ4n) is 6.75. The van der Waals surface area contributed by atoms with Crippen LogP contribution in [0.25, 0.3) is 32.7 Å². The molecule has 0 radical (unpaired) electrons. The highest BCUT2D eigenvalue weighted by Gasteiger charge is 2.28. The quantitative estimate of drug-likeness (QED) is 0.108. The van der Waals surface area contributed by atoms with Crippen molar-refractivity contribution in [2.75, 3.05) is 52.4 Å². The summed E-state index contributed by atoms with van der Waals surface area (Å²) in [4.78, 5) is 0. The summed E-state index contributed by atoms with van der Waals surface area (Å²) in [5.74, 6) is 0. The van der Waals surface area contributed by atoms with Crippen molar-refractivity contribution in [2.45, 2.75) is 67.7 Å². The maximum absolute atomic E-state index is 2.71. The third-order valence-electron chi connectivity index (χ3n) is 9.13. The third-order valence-corrected chi connectivity index (χ3v) is 15.3. The molecule has 0 atom stereocenters. The van der Waals surface area contributed by atoms with Crippen LogP contribution in [0.1, 0.15) is 66.5 Å². The summed E-state index contributed by atoms with van der Waals surface area (Å²) < 4.78 is 10.9. The number of fused-ring (bicyclic) bond motifs is 2. The molecule has 0 aliphatic heterocycles. The lowest BCUT2D eigenvalue weighted by Gasteiger charge is -2.39. The summed E-state index contributed by atoms with van der Waals surface area (Å²) >= 11 is 0. The molecule has 0 amide bonds. The van der Waals surface area contributed by atoms with Crippen LogP contribution < -0.4 is 0 Å². The molecule has 4 nitrogen and oxygen atoms in total. The number of hydrogen-bond donors (Lipinski definition) is 0. The van der Waals surface area contributed by atoms with Crippen LogP contribution in [-0.2, 0) is 12.3 Å². The largest absolute Gasteiger partial charge is 0.270 e. The third kappa shape index (κ3) is 7.55. The second-order valence-corrected chi connectivity index (χ2v) is 15.6. The van der Waals surface area contributed by atoms with Gasteiger partial charge >= 0.3 is 0 Å². The van der Waals surface area contributed by atoms with Gasteiger partial charge < -0.3 is 0 Å². The Bertz CT molecular complexity index is 1320. The Kier molecular flexibility index (Phi) is 13.6. The summed E-state index contributed by atoms with van der Waals surface area (Å²) in [6.07, 6.45) is 2.14. The highest BCUT2D eigenvalue weighted by molar-refractivity contribution is 7.52. The molecule has 0 aliphatic rings. The van der Waals surface area contributed by atoms with Crippen molar-refractivity contribution < 1.29 is 0 Å². The smallest absolute Gasteiger partial charge is 0.0440 e. The Morgan fingerprint density at radius 1 is 0.386 bits per heavy atom. The number of hydrogen-bond acceptors (Lipinski definition) is 4. The van der Waals surface area contributed by atoms with Crippen LogP contribution in [0.2, 0.25) is 0 Å². The second-order valence-electron chi connectivity index (χ2n) is 11.3. The minimum atomic E-state index is -0.473. The highest BCUT2D eigenvalue weighted by Crippen LogP contribution is 2.53. The van der Waals surface area contributed by atoms with E-state index in [1.165, 1.54) is 43.8 Å². The molecule has 0 spiro atoms. The maximum Gasteiger partial charge on any atom is 0.0440 e. The summed E-state index contributed by atoms with van der Waals surface area (Å²) in [5, 5.41) is 5.42. The van der Waals surface area contributed by atoms with Crippen molar-refractivity contribution in [1.29, 1.82) is 0 Å². The SMILES string of the molecule is CCN(CC)P(Cc1ccc2ccccc2c1-c1c(CP(N(CC)CC)N(CC)CC)ccc2ccccc12)N(CC)CC. The predicted octanol–water partition coefficient (Wildman–Crippen LogP) is 10.7. The van der Waals surface area contributed by atoms with Gasteiger partial charge in [-0.3, -0.25) is 18.7 Å². The van der Waals surface area contributed by atoms with Crippen LogP contribution >= 0.6 is 16.4 Å². The van der Waals surface area contributed by atoms with E-state index in [2.05, 4.69) is 147 Å². The van der Waals surface area contributed by atoms with E-state index in [0.717, 1.165) is 64.7 Å². The van der Waals surface area contributed by atoms with Crippen LogP contribution in [0.15, 0.2) is 72.8 Å². The first kappa shape index (κ1) is 35.0. The van der Waals surface area contributed by atoms with E-state index in [9.17, 15) is 0 Å². The van der Waals surface area contributed by atoms with Crippen molar-refractivity contribution in [2.24, 2.45) is 0 Å². The fraction of sp³-hybridized carbons (Fsp3) is 0.474. The molecule has 238 valence electrons. The molecule has 0 fully saturated rings. The number of benzene rings is 4. The van der Waals surface area contributed by atoms with Crippen molar-refractivity contribution in [3.8, 4) is 11.1 Å². The predicted molar refractivity (Wildman–Crippen MR) is 200 cm³/mol. The van der Waals surface area contributed by atoms with Crippen LogP contribution in [0.3, 0.4) is 0 Å². The van der Waals surface area contributed by atoms with Crippen molar-refractivity contribution in [1.82, 2.24) is 18.7 Å². The van der Waals surface area contributed by atoms with Gasteiger partial charge in [0.2, 0.25) is 0 Å². The van der Waals surface area contributed by atoms with E-state index in [4.69, 9.17) is 0 Å². The minimum absolute atomic E-state index is 0.473. The van der Waals surface area contributed by atoms with Gasteiger partial charge in [-0.1, -0.05) is 128 Å². The molecule has 0 saturated heterocycles. The van der Waals surface area contributed by atoms with E-state index in [0.29, 0.717) is 0 Å². The van der Waals surface area contributed by atoms with Gasteiger partial charge in [0.1, 0.15) is 0 Å². The standard InChI is InChI=1S/C38H56N4P2/c1-9-39(10-2)43(40(11-3)12-4)29-33-27-25-31-21-17-19-23-35(31)37(33)38-34(28-26-32-22-18-20-24-36(32)38)30-44(41(13-5)14-6)42(15-7)16-8/h17-28H,9-16,29-30H2,1-8H3. The number of nitrogens with zero attached hydrogens (tertiary/aromatic N) is 4. The van der Waals surface area contributed by atoms with Crippen molar-refractivity contribution >= 4 is 38.0 Å². The molecule has 0 aliphatic carbocycles. The van der Waals surface area contributed by atoms with Gasteiger partial charge in [-0.25, -0.2) is 0 Å². The summed E-state index contributed by atoms with van der Waals surface area (Å²) in [6.45, 7) is 27.3. The van der Waals surface area contributed by atoms with Crippen molar-refractivity contribution in [3.05, 3.63) is 83.9 Å². The Morgan fingerprint density at radius 3 is 0.977 bits per heavy atom. The molecular weight excluding hydrogens is 574 g/mol. The van der Waals surface area contributed by atoms with Gasteiger partial charge in [-0.05, 0) is 43.8 Å². The van der Waals surface area contributed by atoms with Gasteiger partial charge in [0, 0.05) is 81.1 Å². The van der Waals surface area contributed by atoms with Gasteiger partial charge in [0.05, 0.1) is 0 Å². The molecule has 0 bridgehead atoms. The Morgan fingerprint density at radius 2 is 0.682 bits per heavy atom. The monoisotopic (exact) mass is 630 g/mol. The molecule has 44 heavy (non-hydrogen) atoms. The lowest BCUT2D eigenvalue weighted by Crippen LogP contribution is -2.30. The molecule has 0 saturated carbocycles. The van der Waals surface area contributed by atoms with E-state index < -0.39 is 16.4 Å². The first-order chi connectivity index (χ1) is 21.5. The zero-order chi connectivity index (χ0) is 31.6. The molecular formula is C38H56N4P2. The Hall–Kier alpha value is -1.90. The van der Waals surface area contributed by atoms with E-state index >= 15 is 0 Å². The normalized spacial score (nSPS) is 12.4. The minimum Gasteiger partial charge on any atom is -0.270 e. The average molecular weight is 631 g/mol. The maximum atomic E-state index is 2.71. The average Bonchev–Trinajstić information content (AvgIpc) is 3.06. The molecule has 4 aromatic rings. The molecule has 0 N–H and O–H groups in total. The Balaban J connectivity index is 2.03. The summed E-state index contributed by atoms with van der Waals surface area (Å²) in [5.41, 5.74) is 5.88. The van der Waals surface area contributed by atoms with Crippen LogP contribution in [0.5, 0.6) is 0 Å². The second kappa shape index (κ2) is 17.1. The van der Waals surface area contributed by atoms with Gasteiger partial charge in [0.25, 0.3) is 0 Å². The van der Waals surface area contributed by atoms with E-state index in [1.807, 2.05) is 0 Å². The lowest BCUT2D eigenvalue weighted by molar-refractivity contribution is 0.421. The first-order valence-electron chi connectivity index (χ1n) is 17.1. The molecule has 0 heterocycles. The fourth-order valence-corrected chi connectivity index (χ4v) is 12.0. The van der Waals surface area contributed by atoms with Crippen LogP contribution in [0, 0.1) is 0 Å². The van der Waals surface area contributed by atoms with E-state index in [1.54, 1.807) is 0 Å². The summed E-state index contributed by atoms with van der Waals surface area (Å²) in [6, 6.07) is 27.8. The Labute approximate surface area is 271 Å². The van der Waals surface area contributed by atoms with Crippen LogP contribution in [-0.4, -0.2) is 71.0 Å². The highest BCUT2D eigenvalue weighted by atomic mass is 31.1. The molecule has 4 aromatic carbocycles. The van der Waals surface area contributed by atoms with E-state index in [-0.39, 0.29) is 0 Å². The zero-order valence-corrected chi connectivity index (χ0v) is 30.5. The first-order valence-corrected chi connectivity index (χ1v) is 19.9. The van der Waals surface area contributed by atoms with Crippen molar-refractivity contribution in [3.63, 3.8) is 0 Å². The van der Waals surface area contributed by atoms with Gasteiger partial charge in [-0.2, -0.15) is 0 Å². The zero-order valence-electron chi connectivity index (χ0n) is 28.7. The molecule has 4 rings (SSSR count).